The molecule has 0 spiro atoms. The van der Waals surface area contributed by atoms with Crippen LogP contribution >= 0.6 is 0 Å². The van der Waals surface area contributed by atoms with Crippen LogP contribution in [0.5, 0.6) is 0 Å². The summed E-state index contributed by atoms with van der Waals surface area (Å²) in [7, 11) is 0. The first-order valence-electron chi connectivity index (χ1n) is 5.56. The van der Waals surface area contributed by atoms with Gasteiger partial charge in [0.25, 0.3) is 5.91 Å². The van der Waals surface area contributed by atoms with E-state index in [2.05, 4.69) is 4.98 Å². The quantitative estimate of drug-likeness (QED) is 0.664. The van der Waals surface area contributed by atoms with Crippen LogP contribution in [0.25, 0.3) is 0 Å². The van der Waals surface area contributed by atoms with Gasteiger partial charge in [0.1, 0.15) is 5.69 Å². The van der Waals surface area contributed by atoms with Crippen molar-refractivity contribution in [3.63, 3.8) is 0 Å². The van der Waals surface area contributed by atoms with E-state index in [0.29, 0.717) is 17.9 Å². The van der Waals surface area contributed by atoms with Crippen molar-refractivity contribution in [2.75, 3.05) is 18.8 Å². The van der Waals surface area contributed by atoms with Crippen LogP contribution in [0.1, 0.15) is 30.3 Å². The van der Waals surface area contributed by atoms with Crippen LogP contribution in [0.4, 0.5) is 5.69 Å². The van der Waals surface area contributed by atoms with Gasteiger partial charge in [-0.2, -0.15) is 0 Å². The number of anilines is 1. The van der Waals surface area contributed by atoms with E-state index in [1.165, 1.54) is 11.1 Å². The molecule has 0 aliphatic carbocycles. The number of rotatable bonds is 6. The fourth-order valence-electron chi connectivity index (χ4n) is 1.49. The van der Waals surface area contributed by atoms with Crippen LogP contribution < -0.4 is 11.5 Å². The van der Waals surface area contributed by atoms with Gasteiger partial charge in [0.05, 0.1) is 6.54 Å². The number of nitrogens with two attached hydrogens (primary N) is 2. The maximum atomic E-state index is 12.0. The number of amides is 2. The minimum Gasteiger partial charge on any atom is -0.397 e. The lowest BCUT2D eigenvalue weighted by molar-refractivity contribution is -0.118. The molecular formula is C11H18N4O2. The van der Waals surface area contributed by atoms with Gasteiger partial charge < -0.3 is 21.4 Å². The predicted molar refractivity (Wildman–Crippen MR) is 65.2 cm³/mol. The molecule has 0 aromatic carbocycles. The Morgan fingerprint density at radius 2 is 2.18 bits per heavy atom. The standard InChI is InChI=1S/C11H18N4O2/c1-2-3-4-15(7-10(13)16)11(17)9-5-8(12)6-14-9/h5-6,14H,2-4,7,12H2,1H3,(H2,13,16). The zero-order valence-electron chi connectivity index (χ0n) is 9.90. The van der Waals surface area contributed by atoms with Crippen LogP contribution in [-0.2, 0) is 4.79 Å². The van der Waals surface area contributed by atoms with E-state index < -0.39 is 5.91 Å². The van der Waals surface area contributed by atoms with Crippen molar-refractivity contribution in [3.05, 3.63) is 18.0 Å². The van der Waals surface area contributed by atoms with Crippen molar-refractivity contribution in [2.24, 2.45) is 5.73 Å². The maximum Gasteiger partial charge on any atom is 0.270 e. The van der Waals surface area contributed by atoms with Crippen molar-refractivity contribution in [1.82, 2.24) is 9.88 Å². The second-order valence-corrected chi connectivity index (χ2v) is 3.89. The van der Waals surface area contributed by atoms with Gasteiger partial charge in [-0.25, -0.2) is 0 Å². The zero-order valence-corrected chi connectivity index (χ0v) is 9.90. The van der Waals surface area contributed by atoms with Crippen molar-refractivity contribution in [3.8, 4) is 0 Å². The normalized spacial score (nSPS) is 10.2. The number of primary amides is 1. The molecule has 0 radical (unpaired) electrons. The Bertz CT molecular complexity index is 400. The van der Waals surface area contributed by atoms with Gasteiger partial charge in [-0.1, -0.05) is 13.3 Å². The smallest absolute Gasteiger partial charge is 0.270 e. The van der Waals surface area contributed by atoms with E-state index in [0.717, 1.165) is 12.8 Å². The molecule has 17 heavy (non-hydrogen) atoms. The molecule has 0 atom stereocenters. The van der Waals surface area contributed by atoms with Gasteiger partial charge in [0.15, 0.2) is 0 Å². The summed E-state index contributed by atoms with van der Waals surface area (Å²) in [5.41, 5.74) is 11.5. The number of nitrogens with one attached hydrogen (secondary N) is 1. The van der Waals surface area contributed by atoms with E-state index in [9.17, 15) is 9.59 Å². The fourth-order valence-corrected chi connectivity index (χ4v) is 1.49. The third-order valence-corrected chi connectivity index (χ3v) is 2.35. The van der Waals surface area contributed by atoms with Gasteiger partial charge in [-0.15, -0.1) is 0 Å². The lowest BCUT2D eigenvalue weighted by Crippen LogP contribution is -2.39. The third-order valence-electron chi connectivity index (χ3n) is 2.35. The number of nitrogens with zero attached hydrogens (tertiary/aromatic N) is 1. The SMILES string of the molecule is CCCCN(CC(N)=O)C(=O)c1cc(N)c[nH]1. The first kappa shape index (κ1) is 13.1. The molecule has 0 unspecified atom stereocenters. The van der Waals surface area contributed by atoms with Crippen LogP contribution in [-0.4, -0.2) is 34.8 Å². The molecule has 1 heterocycles. The minimum atomic E-state index is -0.519. The summed E-state index contributed by atoms with van der Waals surface area (Å²) in [5, 5.41) is 0. The highest BCUT2D eigenvalue weighted by molar-refractivity contribution is 5.95. The number of hydrogen-bond acceptors (Lipinski definition) is 3. The minimum absolute atomic E-state index is 0.0717. The van der Waals surface area contributed by atoms with Crippen LogP contribution in [0.15, 0.2) is 12.3 Å². The number of hydrogen-bond donors (Lipinski definition) is 3. The number of H-pyrrole nitrogens is 1. The van der Waals surface area contributed by atoms with E-state index in [1.807, 2.05) is 6.92 Å². The average Bonchev–Trinajstić information content (AvgIpc) is 2.69. The number of carbonyl (C=O) groups excluding carboxylic acids is 2. The highest BCUT2D eigenvalue weighted by Gasteiger charge is 2.18. The molecule has 0 bridgehead atoms. The monoisotopic (exact) mass is 238 g/mol. The van der Waals surface area contributed by atoms with E-state index in [1.54, 1.807) is 6.07 Å². The first-order valence-corrected chi connectivity index (χ1v) is 5.56. The van der Waals surface area contributed by atoms with Crippen molar-refractivity contribution < 1.29 is 9.59 Å². The summed E-state index contributed by atoms with van der Waals surface area (Å²) in [6.45, 7) is 2.45. The molecule has 0 saturated heterocycles. The second kappa shape index (κ2) is 5.93. The lowest BCUT2D eigenvalue weighted by Gasteiger charge is -2.20. The van der Waals surface area contributed by atoms with Gasteiger partial charge in [-0.05, 0) is 12.5 Å². The predicted octanol–water partition coefficient (Wildman–Crippen LogP) is 0.324. The summed E-state index contributed by atoms with van der Waals surface area (Å²) in [6.07, 6.45) is 3.31. The summed E-state index contributed by atoms with van der Waals surface area (Å²) < 4.78 is 0. The molecule has 6 heteroatoms. The third kappa shape index (κ3) is 3.82. The number of unbranched alkanes of at least 4 members (excludes halogenated alkanes) is 1. The van der Waals surface area contributed by atoms with Crippen molar-refractivity contribution in [2.45, 2.75) is 19.8 Å². The maximum absolute atomic E-state index is 12.0. The number of aromatic amines is 1. The summed E-state index contributed by atoms with van der Waals surface area (Å²) >= 11 is 0. The molecule has 2 amide bonds. The lowest BCUT2D eigenvalue weighted by atomic mass is 10.2. The Hall–Kier alpha value is -1.98. The Morgan fingerprint density at radius 1 is 1.47 bits per heavy atom. The zero-order chi connectivity index (χ0) is 12.8. The molecule has 0 saturated carbocycles. The second-order valence-electron chi connectivity index (χ2n) is 3.89. The molecule has 1 aromatic rings. The van der Waals surface area contributed by atoms with Gasteiger partial charge in [-0.3, -0.25) is 9.59 Å². The van der Waals surface area contributed by atoms with Crippen LogP contribution in [0.2, 0.25) is 0 Å². The Kier molecular flexibility index (Phi) is 4.56. The fraction of sp³-hybridized carbons (Fsp3) is 0.455. The highest BCUT2D eigenvalue weighted by Crippen LogP contribution is 2.08. The van der Waals surface area contributed by atoms with Crippen LogP contribution in [0.3, 0.4) is 0 Å². The molecule has 6 nitrogen and oxygen atoms in total. The Labute approximate surface area is 100.0 Å². The van der Waals surface area contributed by atoms with E-state index in [-0.39, 0.29) is 12.5 Å². The molecule has 0 aliphatic heterocycles. The molecular weight excluding hydrogens is 220 g/mol. The van der Waals surface area contributed by atoms with E-state index in [4.69, 9.17) is 11.5 Å². The van der Waals surface area contributed by atoms with Gasteiger partial charge in [0, 0.05) is 18.4 Å². The molecule has 1 aromatic heterocycles. The Morgan fingerprint density at radius 3 is 2.65 bits per heavy atom. The number of carbonyl (C=O) groups is 2. The van der Waals surface area contributed by atoms with Gasteiger partial charge in [0.2, 0.25) is 5.91 Å². The summed E-state index contributed by atoms with van der Waals surface area (Å²) in [4.78, 5) is 27.1. The van der Waals surface area contributed by atoms with E-state index >= 15 is 0 Å². The first-order chi connectivity index (χ1) is 8.04. The molecule has 5 N–H and O–H groups in total. The van der Waals surface area contributed by atoms with Gasteiger partial charge >= 0.3 is 0 Å². The Balaban J connectivity index is 2.74. The molecule has 0 fully saturated rings. The molecule has 0 aliphatic rings. The number of aromatic nitrogens is 1. The summed E-state index contributed by atoms with van der Waals surface area (Å²) in [6, 6.07) is 1.54. The number of nitrogen functional groups attached to an aromatic ring is 1. The average molecular weight is 238 g/mol. The van der Waals surface area contributed by atoms with Crippen molar-refractivity contribution in [1.29, 1.82) is 0 Å². The molecule has 94 valence electrons. The molecule has 1 rings (SSSR count). The highest BCUT2D eigenvalue weighted by atomic mass is 16.2. The summed E-state index contributed by atoms with van der Waals surface area (Å²) in [5.74, 6) is -0.775. The topological polar surface area (TPSA) is 105 Å². The largest absolute Gasteiger partial charge is 0.397 e. The van der Waals surface area contributed by atoms with Crippen LogP contribution in [0, 0.1) is 0 Å². The van der Waals surface area contributed by atoms with Crippen molar-refractivity contribution >= 4 is 17.5 Å².